The molecule has 1 N–H and O–H groups in total. The van der Waals surface area contributed by atoms with Gasteiger partial charge in [0, 0.05) is 25.0 Å². The summed E-state index contributed by atoms with van der Waals surface area (Å²) in [6.07, 6.45) is 2.39. The van der Waals surface area contributed by atoms with Crippen LogP contribution in [0.5, 0.6) is 0 Å². The zero-order chi connectivity index (χ0) is 13.8. The maximum absolute atomic E-state index is 10.6. The summed E-state index contributed by atoms with van der Waals surface area (Å²) in [5, 5.41) is 11.6. The number of nitrogens with zero attached hydrogens (tertiary/aromatic N) is 3. The van der Waals surface area contributed by atoms with Gasteiger partial charge >= 0.3 is 5.97 Å². The molecule has 0 aromatic carbocycles. The van der Waals surface area contributed by atoms with Crippen molar-refractivity contribution in [2.24, 2.45) is 5.92 Å². The molecule has 0 atom stereocenters. The molecule has 19 heavy (non-hydrogen) atoms. The third-order valence-corrected chi connectivity index (χ3v) is 4.33. The Morgan fingerprint density at radius 2 is 2.21 bits per heavy atom. The topological polar surface area (TPSA) is 56.7 Å². The molecule has 2 heterocycles. The van der Waals surface area contributed by atoms with Crippen LogP contribution in [0, 0.1) is 5.92 Å². The average Bonchev–Trinajstić information content (AvgIpc) is 2.76. The SMILES string of the molecule is CN(C)CC1CCN(c2nc(CC(=O)O)cs2)CC1. The fourth-order valence-electron chi connectivity index (χ4n) is 2.50. The molecule has 1 aromatic heterocycles. The Hall–Kier alpha value is -1.14. The minimum atomic E-state index is -0.818. The molecule has 0 radical (unpaired) electrons. The Morgan fingerprint density at radius 3 is 2.79 bits per heavy atom. The Bertz CT molecular complexity index is 425. The maximum atomic E-state index is 10.6. The number of rotatable bonds is 5. The quantitative estimate of drug-likeness (QED) is 0.888. The van der Waals surface area contributed by atoms with E-state index in [4.69, 9.17) is 5.11 Å². The molecule has 1 aliphatic rings. The molecule has 6 heteroatoms. The van der Waals surface area contributed by atoms with Crippen LogP contribution in [0.2, 0.25) is 0 Å². The number of anilines is 1. The lowest BCUT2D eigenvalue weighted by molar-refractivity contribution is -0.136. The van der Waals surface area contributed by atoms with Gasteiger partial charge in [0.15, 0.2) is 5.13 Å². The van der Waals surface area contributed by atoms with Gasteiger partial charge in [-0.3, -0.25) is 4.79 Å². The number of piperidine rings is 1. The second-order valence-corrected chi connectivity index (χ2v) is 6.22. The normalized spacial score (nSPS) is 17.1. The van der Waals surface area contributed by atoms with E-state index in [1.807, 2.05) is 5.38 Å². The van der Waals surface area contributed by atoms with Gasteiger partial charge in [0.2, 0.25) is 0 Å². The van der Waals surface area contributed by atoms with Crippen molar-refractivity contribution >= 4 is 22.4 Å². The molecule has 1 saturated heterocycles. The zero-order valence-corrected chi connectivity index (χ0v) is 12.3. The van der Waals surface area contributed by atoms with Crippen LogP contribution in [0.4, 0.5) is 5.13 Å². The van der Waals surface area contributed by atoms with Crippen molar-refractivity contribution < 1.29 is 9.90 Å². The smallest absolute Gasteiger partial charge is 0.309 e. The van der Waals surface area contributed by atoms with Gasteiger partial charge in [0.1, 0.15) is 0 Å². The highest BCUT2D eigenvalue weighted by Crippen LogP contribution is 2.26. The van der Waals surface area contributed by atoms with Gasteiger partial charge in [0.05, 0.1) is 12.1 Å². The molecule has 0 aliphatic carbocycles. The average molecular weight is 283 g/mol. The number of carboxylic acids is 1. The molecule has 2 rings (SSSR count). The standard InChI is InChI=1S/C13H21N3O2S/c1-15(2)8-10-3-5-16(6-4-10)13-14-11(9-19-13)7-12(17)18/h9-10H,3-8H2,1-2H3,(H,17,18). The van der Waals surface area contributed by atoms with Gasteiger partial charge in [-0.1, -0.05) is 0 Å². The van der Waals surface area contributed by atoms with Crippen molar-refractivity contribution in [3.05, 3.63) is 11.1 Å². The molecule has 5 nitrogen and oxygen atoms in total. The molecule has 0 amide bonds. The van der Waals surface area contributed by atoms with Gasteiger partial charge < -0.3 is 14.9 Å². The lowest BCUT2D eigenvalue weighted by Gasteiger charge is -2.32. The number of carboxylic acid groups (broad SMARTS) is 1. The number of hydrogen-bond donors (Lipinski definition) is 1. The predicted molar refractivity (Wildman–Crippen MR) is 76.9 cm³/mol. The highest BCUT2D eigenvalue weighted by molar-refractivity contribution is 7.13. The summed E-state index contributed by atoms with van der Waals surface area (Å²) in [6.45, 7) is 3.20. The molecular formula is C13H21N3O2S. The van der Waals surface area contributed by atoms with Crippen LogP contribution in [-0.4, -0.2) is 54.7 Å². The first kappa shape index (κ1) is 14.3. The van der Waals surface area contributed by atoms with E-state index in [1.165, 1.54) is 12.8 Å². The van der Waals surface area contributed by atoms with Crippen LogP contribution in [0.25, 0.3) is 0 Å². The van der Waals surface area contributed by atoms with E-state index in [9.17, 15) is 4.79 Å². The van der Waals surface area contributed by atoms with Crippen molar-refractivity contribution in [2.45, 2.75) is 19.3 Å². The summed E-state index contributed by atoms with van der Waals surface area (Å²) >= 11 is 1.55. The Morgan fingerprint density at radius 1 is 1.53 bits per heavy atom. The van der Waals surface area contributed by atoms with Gasteiger partial charge in [0.25, 0.3) is 0 Å². The van der Waals surface area contributed by atoms with E-state index in [0.29, 0.717) is 5.69 Å². The third kappa shape index (κ3) is 4.18. The fraction of sp³-hybridized carbons (Fsp3) is 0.692. The summed E-state index contributed by atoms with van der Waals surface area (Å²) in [7, 11) is 4.23. The monoisotopic (exact) mass is 283 g/mol. The fourth-order valence-corrected chi connectivity index (χ4v) is 3.38. The van der Waals surface area contributed by atoms with E-state index < -0.39 is 5.97 Å². The van der Waals surface area contributed by atoms with Crippen LogP contribution >= 0.6 is 11.3 Å². The van der Waals surface area contributed by atoms with Gasteiger partial charge in [-0.05, 0) is 32.9 Å². The Labute approximate surface area is 117 Å². The van der Waals surface area contributed by atoms with E-state index >= 15 is 0 Å². The summed E-state index contributed by atoms with van der Waals surface area (Å²) in [6, 6.07) is 0. The molecule has 0 saturated carbocycles. The van der Waals surface area contributed by atoms with E-state index in [-0.39, 0.29) is 6.42 Å². The van der Waals surface area contributed by atoms with Crippen LogP contribution in [0.15, 0.2) is 5.38 Å². The molecule has 1 fully saturated rings. The van der Waals surface area contributed by atoms with Gasteiger partial charge in [-0.25, -0.2) is 4.98 Å². The molecule has 0 bridgehead atoms. The lowest BCUT2D eigenvalue weighted by Crippen LogP contribution is -2.37. The Kier molecular flexibility index (Phi) is 4.76. The highest BCUT2D eigenvalue weighted by atomic mass is 32.1. The van der Waals surface area contributed by atoms with Gasteiger partial charge in [-0.15, -0.1) is 11.3 Å². The number of aromatic nitrogens is 1. The molecule has 106 valence electrons. The first-order chi connectivity index (χ1) is 9.04. The third-order valence-electron chi connectivity index (χ3n) is 3.38. The summed E-state index contributed by atoms with van der Waals surface area (Å²) in [4.78, 5) is 19.6. The minimum Gasteiger partial charge on any atom is -0.481 e. The molecule has 1 aromatic rings. The van der Waals surface area contributed by atoms with Crippen LogP contribution in [0.3, 0.4) is 0 Å². The minimum absolute atomic E-state index is 0.0214. The number of hydrogen-bond acceptors (Lipinski definition) is 5. The van der Waals surface area contributed by atoms with Gasteiger partial charge in [-0.2, -0.15) is 0 Å². The van der Waals surface area contributed by atoms with Crippen molar-refractivity contribution in [1.82, 2.24) is 9.88 Å². The highest BCUT2D eigenvalue weighted by Gasteiger charge is 2.21. The predicted octanol–water partition coefficient (Wildman–Crippen LogP) is 1.55. The summed E-state index contributed by atoms with van der Waals surface area (Å²) in [5.74, 6) is -0.0498. The zero-order valence-electron chi connectivity index (χ0n) is 11.5. The lowest BCUT2D eigenvalue weighted by atomic mass is 9.97. The van der Waals surface area contributed by atoms with Crippen molar-refractivity contribution in [1.29, 1.82) is 0 Å². The first-order valence-corrected chi connectivity index (χ1v) is 7.48. The molecular weight excluding hydrogens is 262 g/mol. The van der Waals surface area contributed by atoms with Crippen LogP contribution in [-0.2, 0) is 11.2 Å². The number of carbonyl (C=O) groups is 1. The summed E-state index contributed by atoms with van der Waals surface area (Å²) < 4.78 is 0. The maximum Gasteiger partial charge on any atom is 0.309 e. The summed E-state index contributed by atoms with van der Waals surface area (Å²) in [5.41, 5.74) is 0.669. The van der Waals surface area contributed by atoms with E-state index in [0.717, 1.165) is 30.7 Å². The molecule has 0 spiro atoms. The number of thiazole rings is 1. The van der Waals surface area contributed by atoms with E-state index in [2.05, 4.69) is 28.9 Å². The first-order valence-electron chi connectivity index (χ1n) is 6.60. The van der Waals surface area contributed by atoms with Crippen LogP contribution in [0.1, 0.15) is 18.5 Å². The van der Waals surface area contributed by atoms with Crippen molar-refractivity contribution in [3.8, 4) is 0 Å². The van der Waals surface area contributed by atoms with Crippen molar-refractivity contribution in [3.63, 3.8) is 0 Å². The Balaban J connectivity index is 1.87. The van der Waals surface area contributed by atoms with E-state index in [1.54, 1.807) is 11.3 Å². The second kappa shape index (κ2) is 6.34. The number of aliphatic carboxylic acids is 1. The second-order valence-electron chi connectivity index (χ2n) is 5.38. The molecule has 1 aliphatic heterocycles. The van der Waals surface area contributed by atoms with Crippen molar-refractivity contribution in [2.75, 3.05) is 38.6 Å². The largest absolute Gasteiger partial charge is 0.481 e. The molecule has 0 unspecified atom stereocenters. The van der Waals surface area contributed by atoms with Crippen LogP contribution < -0.4 is 4.90 Å².